The van der Waals surface area contributed by atoms with Crippen molar-refractivity contribution in [2.75, 3.05) is 7.11 Å². The molecule has 1 fully saturated rings. The molecule has 0 aromatic carbocycles. The number of H-pyrrole nitrogens is 1. The topological polar surface area (TPSA) is 129 Å². The van der Waals surface area contributed by atoms with E-state index in [0.29, 0.717) is 31.7 Å². The minimum Gasteiger partial charge on any atom is -0.391 e. The molecule has 1 saturated carbocycles. The minimum absolute atomic E-state index is 0.155. The first-order valence-electron chi connectivity index (χ1n) is 8.23. The van der Waals surface area contributed by atoms with E-state index >= 15 is 0 Å². The lowest BCUT2D eigenvalue weighted by atomic mass is 10.1. The number of hydrogen-bond acceptors (Lipinski definition) is 7. The van der Waals surface area contributed by atoms with Crippen LogP contribution in [0.5, 0.6) is 0 Å². The summed E-state index contributed by atoms with van der Waals surface area (Å²) in [5, 5.41) is 24.3. The summed E-state index contributed by atoms with van der Waals surface area (Å²) in [4.78, 5) is 28.3. The molecule has 9 nitrogen and oxygen atoms in total. The van der Waals surface area contributed by atoms with E-state index in [9.17, 15) is 14.7 Å². The number of aromatic amines is 1. The van der Waals surface area contributed by atoms with Gasteiger partial charge in [-0.2, -0.15) is 5.10 Å². The lowest BCUT2D eigenvalue weighted by Gasteiger charge is -2.15. The molecule has 0 spiro atoms. The van der Waals surface area contributed by atoms with Gasteiger partial charge in [-0.15, -0.1) is 11.3 Å². The monoisotopic (exact) mass is 379 g/mol. The van der Waals surface area contributed by atoms with Gasteiger partial charge in [0.2, 0.25) is 5.91 Å². The summed E-state index contributed by atoms with van der Waals surface area (Å²) < 4.78 is 4.99. The number of aliphatic hydroxyl groups excluding tert-OH is 1. The summed E-state index contributed by atoms with van der Waals surface area (Å²) in [5.41, 5.74) is 3.43. The quantitative estimate of drug-likeness (QED) is 0.544. The third kappa shape index (κ3) is 4.45. The predicted octanol–water partition coefficient (Wildman–Crippen LogP) is 0.198. The van der Waals surface area contributed by atoms with E-state index in [1.54, 1.807) is 18.0 Å². The van der Waals surface area contributed by atoms with Crippen molar-refractivity contribution in [3.05, 3.63) is 34.0 Å². The summed E-state index contributed by atoms with van der Waals surface area (Å²) in [5.74, 6) is -0.844. The molecule has 2 aromatic heterocycles. The van der Waals surface area contributed by atoms with Gasteiger partial charge in [-0.3, -0.25) is 14.7 Å². The van der Waals surface area contributed by atoms with E-state index in [1.807, 2.05) is 6.07 Å². The minimum atomic E-state index is -0.756. The molecule has 3 atom stereocenters. The number of aromatic nitrogens is 3. The largest absolute Gasteiger partial charge is 0.391 e. The number of thiazole rings is 1. The fourth-order valence-electron chi connectivity index (χ4n) is 3.00. The summed E-state index contributed by atoms with van der Waals surface area (Å²) in [6.45, 7) is 0.720. The number of carbonyl (C=O) groups is 2. The molecular formula is C16H21N5O4S. The van der Waals surface area contributed by atoms with Crippen molar-refractivity contribution in [3.63, 3.8) is 0 Å². The van der Waals surface area contributed by atoms with Crippen LogP contribution in [-0.4, -0.2) is 51.4 Å². The molecule has 140 valence electrons. The molecular weight excluding hydrogens is 358 g/mol. The molecule has 0 bridgehead atoms. The number of methoxy groups -OCH3 is 1. The maximum absolute atomic E-state index is 12.4. The third-order valence-electron chi connectivity index (χ3n) is 4.31. The molecule has 3 rings (SSSR count). The van der Waals surface area contributed by atoms with Gasteiger partial charge in [0, 0.05) is 18.4 Å². The van der Waals surface area contributed by atoms with Crippen molar-refractivity contribution in [1.82, 2.24) is 25.8 Å². The number of nitrogens with zero attached hydrogens (tertiary/aromatic N) is 2. The van der Waals surface area contributed by atoms with Gasteiger partial charge in [-0.1, -0.05) is 0 Å². The first kappa shape index (κ1) is 18.5. The second-order valence-electron chi connectivity index (χ2n) is 6.22. The first-order chi connectivity index (χ1) is 12.6. The lowest BCUT2D eigenvalue weighted by Crippen LogP contribution is -2.40. The van der Waals surface area contributed by atoms with E-state index in [-0.39, 0.29) is 17.7 Å². The average molecular weight is 379 g/mol. The van der Waals surface area contributed by atoms with Crippen LogP contribution in [0.4, 0.5) is 0 Å². The van der Waals surface area contributed by atoms with Gasteiger partial charge >= 0.3 is 0 Å². The lowest BCUT2D eigenvalue weighted by molar-refractivity contribution is -0.125. The molecule has 2 heterocycles. The highest BCUT2D eigenvalue weighted by Crippen LogP contribution is 2.26. The number of amides is 2. The van der Waals surface area contributed by atoms with Gasteiger partial charge in [0.05, 0.1) is 42.2 Å². The van der Waals surface area contributed by atoms with E-state index in [0.717, 1.165) is 11.4 Å². The van der Waals surface area contributed by atoms with Crippen molar-refractivity contribution >= 4 is 23.2 Å². The first-order valence-corrected chi connectivity index (χ1v) is 9.18. The van der Waals surface area contributed by atoms with Gasteiger partial charge in [-0.05, 0) is 18.9 Å². The van der Waals surface area contributed by atoms with Crippen LogP contribution in [0.3, 0.4) is 0 Å². The molecule has 0 radical (unpaired) electrons. The maximum atomic E-state index is 12.4. The number of aliphatic hydroxyl groups is 1. The van der Waals surface area contributed by atoms with Gasteiger partial charge < -0.3 is 20.5 Å². The smallest absolute Gasteiger partial charge is 0.271 e. The van der Waals surface area contributed by atoms with Crippen molar-refractivity contribution in [2.45, 2.75) is 38.1 Å². The normalized spacial score (nSPS) is 22.3. The molecule has 0 aliphatic heterocycles. The van der Waals surface area contributed by atoms with Gasteiger partial charge in [0.15, 0.2) is 0 Å². The van der Waals surface area contributed by atoms with Crippen LogP contribution in [0.2, 0.25) is 0 Å². The number of hydrogen-bond donors (Lipinski definition) is 4. The van der Waals surface area contributed by atoms with E-state index in [4.69, 9.17) is 4.74 Å². The Kier molecular flexibility index (Phi) is 5.96. The fraction of sp³-hybridized carbons (Fsp3) is 0.500. The molecule has 1 aliphatic carbocycles. The Morgan fingerprint density at radius 2 is 2.31 bits per heavy atom. The summed E-state index contributed by atoms with van der Waals surface area (Å²) in [6, 6.07) is 1.37. The Hall–Kier alpha value is -2.30. The second kappa shape index (κ2) is 8.39. The molecule has 0 saturated heterocycles. The Bertz CT molecular complexity index is 748. The third-order valence-corrected chi connectivity index (χ3v) is 4.90. The van der Waals surface area contributed by atoms with E-state index in [2.05, 4.69) is 25.8 Å². The van der Waals surface area contributed by atoms with Crippen molar-refractivity contribution in [3.8, 4) is 0 Å². The van der Waals surface area contributed by atoms with Crippen LogP contribution >= 0.6 is 11.3 Å². The van der Waals surface area contributed by atoms with Crippen LogP contribution in [0.25, 0.3) is 0 Å². The fourth-order valence-corrected chi connectivity index (χ4v) is 3.53. The predicted molar refractivity (Wildman–Crippen MR) is 93.2 cm³/mol. The Balaban J connectivity index is 1.48. The van der Waals surface area contributed by atoms with Crippen LogP contribution in [-0.2, 0) is 22.7 Å². The average Bonchev–Trinajstić information content (AvgIpc) is 3.35. The van der Waals surface area contributed by atoms with Gasteiger partial charge in [0.25, 0.3) is 5.91 Å². The van der Waals surface area contributed by atoms with Crippen LogP contribution in [0.15, 0.2) is 17.0 Å². The highest BCUT2D eigenvalue weighted by atomic mass is 32.1. The van der Waals surface area contributed by atoms with Crippen molar-refractivity contribution < 1.29 is 19.4 Å². The van der Waals surface area contributed by atoms with E-state index < -0.39 is 12.1 Å². The van der Waals surface area contributed by atoms with E-state index in [1.165, 1.54) is 11.3 Å². The highest BCUT2D eigenvalue weighted by Gasteiger charge is 2.37. The maximum Gasteiger partial charge on any atom is 0.271 e. The molecule has 0 unspecified atom stereocenters. The summed E-state index contributed by atoms with van der Waals surface area (Å²) in [6.07, 6.45) is -0.0548. The standard InChI is InChI=1S/C16H21N5O4S/c1-25-6-11-4-10(20-21-11)5-17-15(23)9-2-12(14(22)3-9)19-16(24)13-7-26-8-18-13/h4,7-9,12,14,22H,2-3,5-6H2,1H3,(H,17,23)(H,19,24)(H,20,21)/t9-,12-,14-/m0/s1. The van der Waals surface area contributed by atoms with Crippen molar-refractivity contribution in [1.29, 1.82) is 0 Å². The zero-order valence-corrected chi connectivity index (χ0v) is 15.1. The van der Waals surface area contributed by atoms with Crippen LogP contribution in [0.1, 0.15) is 34.7 Å². The summed E-state index contributed by atoms with van der Waals surface area (Å²) in [7, 11) is 1.59. The highest BCUT2D eigenvalue weighted by molar-refractivity contribution is 7.07. The number of carbonyl (C=O) groups excluding carboxylic acids is 2. The molecule has 1 aliphatic rings. The molecule has 4 N–H and O–H groups in total. The Morgan fingerprint density at radius 3 is 3.04 bits per heavy atom. The van der Waals surface area contributed by atoms with Gasteiger partial charge in [0.1, 0.15) is 5.69 Å². The molecule has 2 amide bonds. The van der Waals surface area contributed by atoms with Crippen LogP contribution in [0, 0.1) is 5.92 Å². The number of nitrogens with one attached hydrogen (secondary N) is 3. The molecule has 2 aromatic rings. The SMILES string of the molecule is COCc1cc(CNC(=O)[C@H]2C[C@H](NC(=O)c3cscn3)[C@@H](O)C2)[nH]n1. The zero-order chi connectivity index (χ0) is 18.5. The Labute approximate surface area is 154 Å². The van der Waals surface area contributed by atoms with Crippen LogP contribution < -0.4 is 10.6 Å². The van der Waals surface area contributed by atoms with Crippen molar-refractivity contribution in [2.24, 2.45) is 5.92 Å². The number of rotatable bonds is 7. The second-order valence-corrected chi connectivity index (χ2v) is 6.94. The summed E-state index contributed by atoms with van der Waals surface area (Å²) >= 11 is 1.33. The number of ether oxygens (including phenoxy) is 1. The molecule has 26 heavy (non-hydrogen) atoms. The zero-order valence-electron chi connectivity index (χ0n) is 14.3. The molecule has 10 heteroatoms. The van der Waals surface area contributed by atoms with Gasteiger partial charge in [-0.25, -0.2) is 4.98 Å². The Morgan fingerprint density at radius 1 is 1.46 bits per heavy atom.